The van der Waals surface area contributed by atoms with Gasteiger partial charge in [-0.1, -0.05) is 42.5 Å². The zero-order chi connectivity index (χ0) is 11.3. The quantitative estimate of drug-likeness (QED) is 0.665. The van der Waals surface area contributed by atoms with E-state index in [0.29, 0.717) is 5.41 Å². The lowest BCUT2D eigenvalue weighted by Gasteiger charge is -2.28. The van der Waals surface area contributed by atoms with Gasteiger partial charge in [0.2, 0.25) is 0 Å². The Morgan fingerprint density at radius 3 is 2.65 bits per heavy atom. The van der Waals surface area contributed by atoms with Crippen LogP contribution in [0, 0.1) is 12.3 Å². The minimum absolute atomic E-state index is 0.408. The van der Waals surface area contributed by atoms with Crippen LogP contribution in [0.2, 0.25) is 0 Å². The Kier molecular flexibility index (Phi) is 1.91. The number of fused-ring (bicyclic) bond motifs is 3. The lowest BCUT2D eigenvalue weighted by Crippen LogP contribution is -2.20. The highest BCUT2D eigenvalue weighted by molar-refractivity contribution is 5.87. The highest BCUT2D eigenvalue weighted by atomic mass is 14.5. The molecule has 2 saturated carbocycles. The van der Waals surface area contributed by atoms with E-state index >= 15 is 0 Å². The molecular formula is C17H17. The molecule has 2 atom stereocenters. The van der Waals surface area contributed by atoms with E-state index in [1.54, 1.807) is 5.56 Å². The maximum Gasteiger partial charge on any atom is -0.000682 e. The summed E-state index contributed by atoms with van der Waals surface area (Å²) in [5, 5.41) is 2.86. The van der Waals surface area contributed by atoms with E-state index in [1.807, 2.05) is 0 Å². The maximum absolute atomic E-state index is 2.60. The second-order valence-corrected chi connectivity index (χ2v) is 5.73. The van der Waals surface area contributed by atoms with E-state index in [9.17, 15) is 0 Å². The normalized spacial score (nSPS) is 31.2. The summed E-state index contributed by atoms with van der Waals surface area (Å²) in [7, 11) is 0. The summed E-state index contributed by atoms with van der Waals surface area (Å²) in [5.41, 5.74) is 1.99. The fraction of sp³-hybridized carbons (Fsp3) is 0.353. The second kappa shape index (κ2) is 3.35. The molecule has 0 amide bonds. The van der Waals surface area contributed by atoms with Crippen LogP contribution in [0.1, 0.15) is 31.2 Å². The predicted molar refractivity (Wildman–Crippen MR) is 71.9 cm³/mol. The first-order chi connectivity index (χ1) is 8.37. The Balaban J connectivity index is 1.96. The summed E-state index contributed by atoms with van der Waals surface area (Å²) in [6.07, 6.45) is 8.12. The zero-order valence-electron chi connectivity index (χ0n) is 10.0. The van der Waals surface area contributed by atoms with Gasteiger partial charge in [0.25, 0.3) is 0 Å². The fourth-order valence-electron chi connectivity index (χ4n) is 3.97. The summed E-state index contributed by atoms with van der Waals surface area (Å²) in [5.74, 6) is 0.967. The molecule has 2 bridgehead atoms. The summed E-state index contributed by atoms with van der Waals surface area (Å²) in [6, 6.07) is 15.6. The lowest BCUT2D eigenvalue weighted by molar-refractivity contribution is 0.519. The Bertz CT molecular complexity index is 554. The number of rotatable bonds is 1. The first-order valence-electron chi connectivity index (χ1n) is 6.70. The van der Waals surface area contributed by atoms with E-state index in [1.165, 1.54) is 36.5 Å². The van der Waals surface area contributed by atoms with E-state index in [2.05, 4.69) is 48.9 Å². The van der Waals surface area contributed by atoms with Gasteiger partial charge < -0.3 is 0 Å². The molecule has 0 aromatic heterocycles. The highest BCUT2D eigenvalue weighted by Gasteiger charge is 2.46. The molecule has 0 heterocycles. The molecule has 2 aromatic carbocycles. The minimum atomic E-state index is 0.408. The van der Waals surface area contributed by atoms with Crippen molar-refractivity contribution in [1.82, 2.24) is 0 Å². The fourth-order valence-corrected chi connectivity index (χ4v) is 3.97. The SMILES string of the molecule is [CH]1CC2CCC1(c1cccc3ccccc13)C2. The average Bonchev–Trinajstić information content (AvgIpc) is 2.99. The van der Waals surface area contributed by atoms with Crippen LogP contribution >= 0.6 is 0 Å². The minimum Gasteiger partial charge on any atom is -0.0616 e. The maximum atomic E-state index is 2.60. The van der Waals surface area contributed by atoms with Gasteiger partial charge in [-0.25, -0.2) is 0 Å². The summed E-state index contributed by atoms with van der Waals surface area (Å²) < 4.78 is 0. The Morgan fingerprint density at radius 1 is 1.00 bits per heavy atom. The predicted octanol–water partition coefficient (Wildman–Crippen LogP) is 4.49. The molecule has 2 aromatic rings. The smallest absolute Gasteiger partial charge is 0.000682 e. The van der Waals surface area contributed by atoms with Gasteiger partial charge >= 0.3 is 0 Å². The standard InChI is InChI=1S/C17H17/c1-2-6-15-14(4-1)5-3-7-16(15)17-10-8-13(12-17)9-11-17/h1-7,10,13H,8-9,11-12H2. The zero-order valence-corrected chi connectivity index (χ0v) is 10.0. The first kappa shape index (κ1) is 9.70. The Labute approximate surface area is 103 Å². The molecule has 0 saturated heterocycles. The van der Waals surface area contributed by atoms with Gasteiger partial charge in [0.05, 0.1) is 0 Å². The summed E-state index contributed by atoms with van der Waals surface area (Å²) >= 11 is 0. The van der Waals surface area contributed by atoms with Crippen LogP contribution < -0.4 is 0 Å². The summed E-state index contributed by atoms with van der Waals surface area (Å²) in [4.78, 5) is 0. The van der Waals surface area contributed by atoms with Crippen molar-refractivity contribution in [1.29, 1.82) is 0 Å². The number of hydrogen-bond donors (Lipinski definition) is 0. The van der Waals surface area contributed by atoms with Gasteiger partial charge in [-0.2, -0.15) is 0 Å². The molecule has 2 unspecified atom stereocenters. The monoisotopic (exact) mass is 221 g/mol. The van der Waals surface area contributed by atoms with E-state index in [0.717, 1.165) is 5.92 Å². The highest BCUT2D eigenvalue weighted by Crippen LogP contribution is 2.55. The van der Waals surface area contributed by atoms with Crippen molar-refractivity contribution in [2.75, 3.05) is 0 Å². The Morgan fingerprint density at radius 2 is 1.88 bits per heavy atom. The first-order valence-corrected chi connectivity index (χ1v) is 6.70. The van der Waals surface area contributed by atoms with Crippen molar-refractivity contribution >= 4 is 10.8 Å². The number of hydrogen-bond acceptors (Lipinski definition) is 0. The van der Waals surface area contributed by atoms with Crippen molar-refractivity contribution in [2.24, 2.45) is 5.92 Å². The second-order valence-electron chi connectivity index (χ2n) is 5.73. The molecule has 0 nitrogen and oxygen atoms in total. The molecular weight excluding hydrogens is 204 g/mol. The molecule has 1 radical (unpaired) electrons. The third kappa shape index (κ3) is 1.30. The van der Waals surface area contributed by atoms with Crippen molar-refractivity contribution in [3.05, 3.63) is 54.4 Å². The van der Waals surface area contributed by atoms with Crippen LogP contribution in [-0.4, -0.2) is 0 Å². The molecule has 2 aliphatic rings. The van der Waals surface area contributed by atoms with Crippen molar-refractivity contribution < 1.29 is 0 Å². The van der Waals surface area contributed by atoms with Gasteiger partial charge in [-0.05, 0) is 59.8 Å². The van der Waals surface area contributed by atoms with E-state index in [-0.39, 0.29) is 0 Å². The van der Waals surface area contributed by atoms with Gasteiger partial charge in [0.1, 0.15) is 0 Å². The van der Waals surface area contributed by atoms with Crippen molar-refractivity contribution in [3.8, 4) is 0 Å². The average molecular weight is 221 g/mol. The summed E-state index contributed by atoms with van der Waals surface area (Å²) in [6.45, 7) is 0. The van der Waals surface area contributed by atoms with Crippen LogP contribution in [0.5, 0.6) is 0 Å². The molecule has 0 spiro atoms. The van der Waals surface area contributed by atoms with Crippen LogP contribution in [0.4, 0.5) is 0 Å². The largest absolute Gasteiger partial charge is 0.0616 e. The van der Waals surface area contributed by atoms with Gasteiger partial charge in [0.15, 0.2) is 0 Å². The molecule has 0 heteroatoms. The lowest BCUT2D eigenvalue weighted by atomic mass is 9.76. The molecule has 2 aliphatic carbocycles. The van der Waals surface area contributed by atoms with Gasteiger partial charge in [-0.15, -0.1) is 0 Å². The van der Waals surface area contributed by atoms with Gasteiger partial charge in [-0.3, -0.25) is 0 Å². The molecule has 85 valence electrons. The topological polar surface area (TPSA) is 0 Å². The third-order valence-electron chi connectivity index (χ3n) is 4.82. The van der Waals surface area contributed by atoms with Crippen molar-refractivity contribution in [2.45, 2.75) is 31.1 Å². The van der Waals surface area contributed by atoms with E-state index in [4.69, 9.17) is 0 Å². The number of benzene rings is 2. The van der Waals surface area contributed by atoms with Crippen LogP contribution in [-0.2, 0) is 5.41 Å². The van der Waals surface area contributed by atoms with Crippen LogP contribution in [0.15, 0.2) is 42.5 Å². The molecule has 0 N–H and O–H groups in total. The van der Waals surface area contributed by atoms with Crippen LogP contribution in [0.3, 0.4) is 0 Å². The third-order valence-corrected chi connectivity index (χ3v) is 4.82. The van der Waals surface area contributed by atoms with Crippen LogP contribution in [0.25, 0.3) is 10.8 Å². The molecule has 0 aliphatic heterocycles. The molecule has 17 heavy (non-hydrogen) atoms. The molecule has 4 rings (SSSR count). The van der Waals surface area contributed by atoms with Crippen molar-refractivity contribution in [3.63, 3.8) is 0 Å². The van der Waals surface area contributed by atoms with Gasteiger partial charge in [0, 0.05) is 0 Å². The molecule has 2 fully saturated rings. The van der Waals surface area contributed by atoms with E-state index < -0.39 is 0 Å². The Hall–Kier alpha value is -1.30.